The Balaban J connectivity index is 0.00000267. The quantitative estimate of drug-likeness (QED) is 0.337. The summed E-state index contributed by atoms with van der Waals surface area (Å²) in [4.78, 5) is 16.7. The molecule has 0 spiro atoms. The lowest BCUT2D eigenvalue weighted by molar-refractivity contribution is -0.145. The van der Waals surface area contributed by atoms with Gasteiger partial charge in [-0.2, -0.15) is 5.10 Å². The Morgan fingerprint density at radius 1 is 1.15 bits per heavy atom. The lowest BCUT2D eigenvalue weighted by atomic mass is 9.86. The molecule has 1 aromatic heterocycles. The van der Waals surface area contributed by atoms with Gasteiger partial charge >= 0.3 is 5.97 Å². The predicted octanol–water partition coefficient (Wildman–Crippen LogP) is 6.71. The Morgan fingerprint density at radius 3 is 2.35 bits per heavy atom. The molecule has 2 aromatic rings. The second-order valence-corrected chi connectivity index (χ2v) is 11.7. The Bertz CT molecular complexity index is 1090. The first-order valence-electron chi connectivity index (χ1n) is 14.1. The molecule has 1 aliphatic carbocycles. The summed E-state index contributed by atoms with van der Waals surface area (Å²) in [6, 6.07) is 6.70. The van der Waals surface area contributed by atoms with Crippen LogP contribution < -0.4 is 0 Å². The monoisotopic (exact) mass is 620 g/mol. The largest absolute Gasteiger partial charge is 0.480 e. The van der Waals surface area contributed by atoms with E-state index < -0.39 is 12.0 Å². The molecule has 228 valence electrons. The molecule has 0 bridgehead atoms. The van der Waals surface area contributed by atoms with Gasteiger partial charge in [0, 0.05) is 30.7 Å². The number of carboxylic acid groups (broad SMARTS) is 1. The van der Waals surface area contributed by atoms with Gasteiger partial charge in [0.25, 0.3) is 0 Å². The molecular weight excluding hydrogens is 574 g/mol. The molecule has 1 N–H and O–H groups in total. The van der Waals surface area contributed by atoms with Crippen LogP contribution in [0.2, 0.25) is 0 Å². The predicted molar refractivity (Wildman–Crippen MR) is 167 cm³/mol. The molecule has 1 aliphatic heterocycles. The van der Waals surface area contributed by atoms with E-state index in [2.05, 4.69) is 35.3 Å². The van der Waals surface area contributed by atoms with Crippen LogP contribution in [0.25, 0.3) is 0 Å². The van der Waals surface area contributed by atoms with Crippen LogP contribution in [0.4, 0.5) is 4.39 Å². The highest BCUT2D eigenvalue weighted by Gasteiger charge is 2.42. The van der Waals surface area contributed by atoms with Crippen molar-refractivity contribution in [2.45, 2.75) is 90.8 Å². The zero-order valence-electron chi connectivity index (χ0n) is 24.7. The van der Waals surface area contributed by atoms with Crippen molar-refractivity contribution in [3.8, 4) is 0 Å². The molecule has 1 saturated carbocycles. The molecule has 1 saturated heterocycles. The number of rotatable bonds is 9. The van der Waals surface area contributed by atoms with Crippen LogP contribution in [-0.4, -0.2) is 69.4 Å². The molecule has 4 rings (SSSR count). The van der Waals surface area contributed by atoms with E-state index in [1.807, 2.05) is 27.0 Å². The highest BCUT2D eigenvalue weighted by atomic mass is 35.5. The molecule has 2 aliphatic rings. The summed E-state index contributed by atoms with van der Waals surface area (Å²) in [5.74, 6) is 0.212. The van der Waals surface area contributed by atoms with E-state index in [-0.39, 0.29) is 60.9 Å². The number of nitrogens with zero attached hydrogens (tertiary/aromatic N) is 4. The third kappa shape index (κ3) is 7.91. The molecular formula is C30H48Cl3FN4O2. The first-order chi connectivity index (χ1) is 17.6. The SMILES string of the molecule is CCn1nc(C)c(C)c1C1CCN(CC2CC(N(C)[C@@H](C(=O)O)C(C)C)CC2c2cccc(F)c2)CC1.Cl.Cl.Cl. The minimum absolute atomic E-state index is 0. The fourth-order valence-corrected chi connectivity index (χ4v) is 7.10. The Hall–Kier alpha value is -1.38. The van der Waals surface area contributed by atoms with Crippen LogP contribution in [0.3, 0.4) is 0 Å². The summed E-state index contributed by atoms with van der Waals surface area (Å²) < 4.78 is 16.4. The van der Waals surface area contributed by atoms with Crippen LogP contribution >= 0.6 is 37.2 Å². The molecule has 0 radical (unpaired) electrons. The van der Waals surface area contributed by atoms with Crippen LogP contribution in [0, 0.1) is 31.5 Å². The fourth-order valence-electron chi connectivity index (χ4n) is 7.10. The zero-order valence-corrected chi connectivity index (χ0v) is 27.1. The van der Waals surface area contributed by atoms with Gasteiger partial charge in [-0.15, -0.1) is 37.2 Å². The number of hydrogen-bond donors (Lipinski definition) is 1. The van der Waals surface area contributed by atoms with E-state index in [1.54, 1.807) is 12.1 Å². The van der Waals surface area contributed by atoms with E-state index in [9.17, 15) is 14.3 Å². The van der Waals surface area contributed by atoms with Gasteiger partial charge < -0.3 is 10.0 Å². The summed E-state index contributed by atoms with van der Waals surface area (Å²) in [6.45, 7) is 14.4. The van der Waals surface area contributed by atoms with Gasteiger partial charge in [-0.05, 0) is 108 Å². The second-order valence-electron chi connectivity index (χ2n) is 11.7. The fraction of sp³-hybridized carbons (Fsp3) is 0.667. The zero-order chi connectivity index (χ0) is 26.9. The van der Waals surface area contributed by atoms with Gasteiger partial charge in [0.1, 0.15) is 11.9 Å². The average Bonchev–Trinajstić information content (AvgIpc) is 3.40. The van der Waals surface area contributed by atoms with Gasteiger partial charge in [0.05, 0.1) is 5.69 Å². The molecule has 2 heterocycles. The number of aromatic nitrogens is 2. The maximum atomic E-state index is 14.2. The van der Waals surface area contributed by atoms with Crippen molar-refractivity contribution < 1.29 is 14.3 Å². The maximum absolute atomic E-state index is 14.2. The summed E-state index contributed by atoms with van der Waals surface area (Å²) >= 11 is 0. The van der Waals surface area contributed by atoms with Gasteiger partial charge in [-0.25, -0.2) is 4.39 Å². The molecule has 1 aromatic carbocycles. The van der Waals surface area contributed by atoms with Crippen molar-refractivity contribution in [1.82, 2.24) is 19.6 Å². The van der Waals surface area contributed by atoms with E-state index in [4.69, 9.17) is 5.10 Å². The minimum Gasteiger partial charge on any atom is -0.480 e. The molecule has 2 fully saturated rings. The molecule has 40 heavy (non-hydrogen) atoms. The minimum atomic E-state index is -0.762. The second kappa shape index (κ2) is 15.7. The van der Waals surface area contributed by atoms with Crippen LogP contribution in [0.5, 0.6) is 0 Å². The van der Waals surface area contributed by atoms with Crippen molar-refractivity contribution >= 4 is 43.2 Å². The average molecular weight is 622 g/mol. The third-order valence-electron chi connectivity index (χ3n) is 9.09. The van der Waals surface area contributed by atoms with E-state index in [1.165, 1.54) is 17.3 Å². The molecule has 3 unspecified atom stereocenters. The highest BCUT2D eigenvalue weighted by Crippen LogP contribution is 2.43. The number of piperidine rings is 1. The van der Waals surface area contributed by atoms with Gasteiger partial charge in [-0.1, -0.05) is 26.0 Å². The smallest absolute Gasteiger partial charge is 0.321 e. The van der Waals surface area contributed by atoms with Crippen molar-refractivity contribution in [2.24, 2.45) is 11.8 Å². The Labute approximate surface area is 258 Å². The summed E-state index contributed by atoms with van der Waals surface area (Å²) in [5, 5.41) is 14.6. The number of likely N-dealkylation sites (tertiary alicyclic amines) is 1. The number of halogens is 4. The lowest BCUT2D eigenvalue weighted by Crippen LogP contribution is -2.47. The third-order valence-corrected chi connectivity index (χ3v) is 9.09. The number of likely N-dealkylation sites (N-methyl/N-ethyl adjacent to an activating group) is 1. The van der Waals surface area contributed by atoms with E-state index >= 15 is 0 Å². The van der Waals surface area contributed by atoms with Crippen molar-refractivity contribution in [1.29, 1.82) is 0 Å². The molecule has 10 heteroatoms. The molecule has 0 amide bonds. The van der Waals surface area contributed by atoms with Gasteiger partial charge in [0.2, 0.25) is 0 Å². The molecule has 4 atom stereocenters. The Kier molecular flexibility index (Phi) is 14.4. The van der Waals surface area contributed by atoms with Crippen molar-refractivity contribution in [2.75, 3.05) is 26.7 Å². The van der Waals surface area contributed by atoms with Crippen LogP contribution in [-0.2, 0) is 11.3 Å². The number of carbonyl (C=O) groups is 1. The van der Waals surface area contributed by atoms with Crippen molar-refractivity contribution in [3.63, 3.8) is 0 Å². The van der Waals surface area contributed by atoms with Crippen LogP contribution in [0.1, 0.15) is 80.8 Å². The van der Waals surface area contributed by atoms with Gasteiger partial charge in [-0.3, -0.25) is 14.4 Å². The number of aryl methyl sites for hydroxylation is 2. The number of hydrogen-bond acceptors (Lipinski definition) is 4. The Morgan fingerprint density at radius 2 is 1.80 bits per heavy atom. The summed E-state index contributed by atoms with van der Waals surface area (Å²) in [6.07, 6.45) is 4.06. The topological polar surface area (TPSA) is 61.6 Å². The normalized spacial score (nSPS) is 22.5. The summed E-state index contributed by atoms with van der Waals surface area (Å²) in [7, 11) is 1.96. The number of benzene rings is 1. The lowest BCUT2D eigenvalue weighted by Gasteiger charge is -2.35. The first kappa shape index (κ1) is 36.6. The first-order valence-corrected chi connectivity index (χ1v) is 14.1. The number of carboxylic acids is 1. The molecule has 6 nitrogen and oxygen atoms in total. The van der Waals surface area contributed by atoms with E-state index in [0.29, 0.717) is 11.8 Å². The highest BCUT2D eigenvalue weighted by molar-refractivity contribution is 5.86. The van der Waals surface area contributed by atoms with Gasteiger partial charge in [0.15, 0.2) is 0 Å². The standard InChI is InChI=1S/C30H45FN4O2.3ClH/c1-7-35-29(20(4)21(5)32-35)22-11-13-34(14-12-22)18-24-16-26(33(6)28(19(2)3)30(36)37)17-27(24)23-9-8-10-25(31)15-23;;;/h8-10,15,19,22,24,26-28H,7,11-14,16-18H2,1-6H3,(H,36,37);3*1H/t24?,26?,27?,28-;;;/m1.../s1. The summed E-state index contributed by atoms with van der Waals surface area (Å²) in [5.41, 5.74) is 4.93. The number of aliphatic carboxylic acids is 1. The van der Waals surface area contributed by atoms with Crippen molar-refractivity contribution in [3.05, 3.63) is 52.6 Å². The maximum Gasteiger partial charge on any atom is 0.321 e. The van der Waals surface area contributed by atoms with Crippen LogP contribution in [0.15, 0.2) is 24.3 Å². The van der Waals surface area contributed by atoms with E-state index in [0.717, 1.165) is 63.1 Å².